The van der Waals surface area contributed by atoms with E-state index >= 15 is 0 Å². The van der Waals surface area contributed by atoms with Gasteiger partial charge in [-0.2, -0.15) is 4.31 Å². The third-order valence-corrected chi connectivity index (χ3v) is 4.92. The van der Waals surface area contributed by atoms with Crippen molar-refractivity contribution in [1.29, 1.82) is 0 Å². The van der Waals surface area contributed by atoms with Crippen LogP contribution in [0.2, 0.25) is 0 Å². The Balaban J connectivity index is 2.28. The Kier molecular flexibility index (Phi) is 4.55. The van der Waals surface area contributed by atoms with Crippen molar-refractivity contribution in [3.8, 4) is 0 Å². The van der Waals surface area contributed by atoms with E-state index in [-0.39, 0.29) is 25.3 Å². The largest absolute Gasteiger partial charge is 0.480 e. The molecule has 9 heteroatoms. The highest BCUT2D eigenvalue weighted by atomic mass is 32.2. The Labute approximate surface area is 120 Å². The number of carbonyl (C=O) groups is 1. The van der Waals surface area contributed by atoms with E-state index in [9.17, 15) is 22.0 Å². The summed E-state index contributed by atoms with van der Waals surface area (Å²) in [6.07, 6.45) is 0. The van der Waals surface area contributed by atoms with Gasteiger partial charge in [-0.1, -0.05) is 12.1 Å². The van der Waals surface area contributed by atoms with Crippen molar-refractivity contribution in [3.05, 3.63) is 35.4 Å². The molecule has 116 valence electrons. The van der Waals surface area contributed by atoms with Crippen molar-refractivity contribution in [3.63, 3.8) is 0 Å². The number of hydrogen-bond acceptors (Lipinski definition) is 4. The summed E-state index contributed by atoms with van der Waals surface area (Å²) in [5.74, 6) is -4.56. The number of halogens is 2. The summed E-state index contributed by atoms with van der Waals surface area (Å²) in [6, 6.07) is 1.85. The second kappa shape index (κ2) is 6.04. The molecule has 2 rings (SSSR count). The van der Waals surface area contributed by atoms with Crippen LogP contribution in [0.1, 0.15) is 5.56 Å². The number of rotatable bonds is 4. The Hall–Kier alpha value is -1.58. The normalized spacial score (nSPS) is 20.4. The zero-order valence-electron chi connectivity index (χ0n) is 10.8. The predicted octanol–water partition coefficient (Wildman–Crippen LogP) is 0.580. The second-order valence-corrected chi connectivity index (χ2v) is 6.43. The highest BCUT2D eigenvalue weighted by Gasteiger charge is 2.37. The molecule has 1 fully saturated rings. The molecule has 0 radical (unpaired) electrons. The van der Waals surface area contributed by atoms with E-state index in [0.29, 0.717) is 0 Å². The van der Waals surface area contributed by atoms with Gasteiger partial charge < -0.3 is 9.84 Å². The molecule has 1 aromatic carbocycles. The van der Waals surface area contributed by atoms with E-state index in [1.165, 1.54) is 6.07 Å². The molecule has 0 amide bonds. The van der Waals surface area contributed by atoms with Gasteiger partial charge in [0.05, 0.1) is 19.0 Å². The van der Waals surface area contributed by atoms with E-state index in [1.54, 1.807) is 0 Å². The minimum absolute atomic E-state index is 0.0502. The summed E-state index contributed by atoms with van der Waals surface area (Å²) in [6.45, 7) is -0.370. The van der Waals surface area contributed by atoms with Crippen molar-refractivity contribution in [2.24, 2.45) is 0 Å². The summed E-state index contributed by atoms with van der Waals surface area (Å²) in [5.41, 5.74) is -0.342. The van der Waals surface area contributed by atoms with Crippen LogP contribution in [0.15, 0.2) is 18.2 Å². The van der Waals surface area contributed by atoms with Crippen molar-refractivity contribution in [2.75, 3.05) is 19.8 Å². The lowest BCUT2D eigenvalue weighted by atomic mass is 10.2. The molecule has 0 bridgehead atoms. The van der Waals surface area contributed by atoms with E-state index in [2.05, 4.69) is 0 Å². The van der Waals surface area contributed by atoms with Gasteiger partial charge in [0.25, 0.3) is 0 Å². The maximum absolute atomic E-state index is 13.6. The van der Waals surface area contributed by atoms with Gasteiger partial charge in [0, 0.05) is 12.1 Å². The summed E-state index contributed by atoms with van der Waals surface area (Å²) < 4.78 is 56.9. The fourth-order valence-electron chi connectivity index (χ4n) is 2.06. The van der Waals surface area contributed by atoms with Crippen LogP contribution in [-0.2, 0) is 25.3 Å². The van der Waals surface area contributed by atoms with Gasteiger partial charge in [0.1, 0.15) is 6.04 Å². The Bertz CT molecular complexity index is 649. The zero-order valence-corrected chi connectivity index (χ0v) is 11.6. The Morgan fingerprint density at radius 2 is 2.14 bits per heavy atom. The maximum Gasteiger partial charge on any atom is 0.324 e. The number of carboxylic acid groups (broad SMARTS) is 1. The van der Waals surface area contributed by atoms with Crippen molar-refractivity contribution in [1.82, 2.24) is 4.31 Å². The molecule has 1 heterocycles. The van der Waals surface area contributed by atoms with E-state index in [1.807, 2.05) is 0 Å². The van der Waals surface area contributed by atoms with Gasteiger partial charge in [0.15, 0.2) is 11.6 Å². The maximum atomic E-state index is 13.6. The highest BCUT2D eigenvalue weighted by Crippen LogP contribution is 2.20. The molecule has 1 aliphatic rings. The minimum atomic E-state index is -4.10. The van der Waals surface area contributed by atoms with Crippen LogP contribution in [0.3, 0.4) is 0 Å². The molecule has 0 saturated carbocycles. The van der Waals surface area contributed by atoms with Crippen LogP contribution in [0.5, 0.6) is 0 Å². The minimum Gasteiger partial charge on any atom is -0.480 e. The predicted molar refractivity (Wildman–Crippen MR) is 67.9 cm³/mol. The van der Waals surface area contributed by atoms with Crippen LogP contribution < -0.4 is 0 Å². The van der Waals surface area contributed by atoms with E-state index < -0.39 is 39.4 Å². The number of carboxylic acids is 1. The molecule has 1 aliphatic heterocycles. The zero-order chi connectivity index (χ0) is 15.6. The lowest BCUT2D eigenvalue weighted by molar-refractivity contribution is -0.146. The Morgan fingerprint density at radius 3 is 2.81 bits per heavy atom. The number of hydrogen-bond donors (Lipinski definition) is 1. The molecule has 0 aromatic heterocycles. The quantitative estimate of drug-likeness (QED) is 0.877. The fraction of sp³-hybridized carbons (Fsp3) is 0.417. The molecule has 21 heavy (non-hydrogen) atoms. The van der Waals surface area contributed by atoms with Crippen LogP contribution >= 0.6 is 0 Å². The monoisotopic (exact) mass is 321 g/mol. The topological polar surface area (TPSA) is 83.9 Å². The molecule has 1 saturated heterocycles. The van der Waals surface area contributed by atoms with Crippen LogP contribution in [0.4, 0.5) is 8.78 Å². The molecule has 0 aliphatic carbocycles. The number of morpholine rings is 1. The second-order valence-electron chi connectivity index (χ2n) is 4.51. The molecular weight excluding hydrogens is 308 g/mol. The molecule has 1 N–H and O–H groups in total. The number of benzene rings is 1. The van der Waals surface area contributed by atoms with E-state index in [4.69, 9.17) is 9.84 Å². The molecule has 1 unspecified atom stereocenters. The molecule has 1 atom stereocenters. The first-order valence-corrected chi connectivity index (χ1v) is 7.67. The standard InChI is InChI=1S/C12H13F2NO5S/c13-9-3-1-2-8(11(9)14)7-21(18,19)15-4-5-20-6-10(15)12(16)17/h1-3,10H,4-7H2,(H,16,17). The van der Waals surface area contributed by atoms with Gasteiger partial charge in [-0.3, -0.25) is 4.79 Å². The molecule has 6 nitrogen and oxygen atoms in total. The first-order chi connectivity index (χ1) is 9.83. The smallest absolute Gasteiger partial charge is 0.324 e. The SMILES string of the molecule is O=C(O)C1COCCN1S(=O)(=O)Cc1cccc(F)c1F. The molecule has 1 aromatic rings. The van der Waals surface area contributed by atoms with Gasteiger partial charge in [-0.15, -0.1) is 0 Å². The number of nitrogens with zero attached hydrogens (tertiary/aromatic N) is 1. The van der Waals surface area contributed by atoms with Crippen molar-refractivity contribution >= 4 is 16.0 Å². The van der Waals surface area contributed by atoms with E-state index in [0.717, 1.165) is 16.4 Å². The fourth-order valence-corrected chi connectivity index (χ4v) is 3.73. The summed E-state index contributed by atoms with van der Waals surface area (Å²) >= 11 is 0. The summed E-state index contributed by atoms with van der Waals surface area (Å²) in [4.78, 5) is 11.1. The van der Waals surface area contributed by atoms with Crippen LogP contribution in [0, 0.1) is 11.6 Å². The third-order valence-electron chi connectivity index (χ3n) is 3.09. The van der Waals surface area contributed by atoms with Gasteiger partial charge in [0.2, 0.25) is 10.0 Å². The van der Waals surface area contributed by atoms with Gasteiger partial charge in [-0.05, 0) is 6.07 Å². The summed E-state index contributed by atoms with van der Waals surface area (Å²) in [7, 11) is -4.10. The number of aliphatic carboxylic acids is 1. The Morgan fingerprint density at radius 1 is 1.43 bits per heavy atom. The molecule has 0 spiro atoms. The number of ether oxygens (including phenoxy) is 1. The van der Waals surface area contributed by atoms with Crippen LogP contribution in [0.25, 0.3) is 0 Å². The summed E-state index contributed by atoms with van der Waals surface area (Å²) in [5, 5.41) is 9.02. The first-order valence-electron chi connectivity index (χ1n) is 6.06. The lowest BCUT2D eigenvalue weighted by Gasteiger charge is -2.31. The first kappa shape index (κ1) is 15.8. The van der Waals surface area contributed by atoms with Gasteiger partial charge >= 0.3 is 5.97 Å². The van der Waals surface area contributed by atoms with Crippen molar-refractivity contribution in [2.45, 2.75) is 11.8 Å². The van der Waals surface area contributed by atoms with Crippen LogP contribution in [-0.4, -0.2) is 49.6 Å². The number of sulfonamides is 1. The molecular formula is C12H13F2NO5S. The average molecular weight is 321 g/mol. The highest BCUT2D eigenvalue weighted by molar-refractivity contribution is 7.88. The van der Waals surface area contributed by atoms with Crippen molar-refractivity contribution < 1.29 is 31.8 Å². The third kappa shape index (κ3) is 3.36. The van der Waals surface area contributed by atoms with Gasteiger partial charge in [-0.25, -0.2) is 17.2 Å². The average Bonchev–Trinajstić information content (AvgIpc) is 2.44. The lowest BCUT2D eigenvalue weighted by Crippen LogP contribution is -2.52.